The fraction of sp³-hybridized carbons (Fsp3) is 0.750. The standard InChI is InChI=1S/C4H9ClN2S/c5-2-1-3-7-4(6)8/h1-3H2,(H3,6,7,8). The van der Waals surface area contributed by atoms with Crippen LogP contribution in [0.2, 0.25) is 0 Å². The topological polar surface area (TPSA) is 38.0 Å². The Morgan fingerprint density at radius 2 is 2.38 bits per heavy atom. The quantitative estimate of drug-likeness (QED) is 0.351. The van der Waals surface area contributed by atoms with Gasteiger partial charge in [0.1, 0.15) is 0 Å². The summed E-state index contributed by atoms with van der Waals surface area (Å²) < 4.78 is 0. The lowest BCUT2D eigenvalue weighted by molar-refractivity contribution is 0.848. The van der Waals surface area contributed by atoms with Crippen molar-refractivity contribution in [2.24, 2.45) is 5.73 Å². The predicted octanol–water partition coefficient (Wildman–Crippen LogP) is 0.448. The highest BCUT2D eigenvalue weighted by Crippen LogP contribution is 1.79. The molecule has 8 heavy (non-hydrogen) atoms. The first-order chi connectivity index (χ1) is 3.77. The number of hydrogen-bond acceptors (Lipinski definition) is 1. The molecule has 0 bridgehead atoms. The Bertz CT molecular complexity index is 76.4. The molecule has 3 N–H and O–H groups in total. The molecule has 0 unspecified atom stereocenters. The molecule has 0 aromatic rings. The van der Waals surface area contributed by atoms with Crippen LogP contribution in [0.3, 0.4) is 0 Å². The van der Waals surface area contributed by atoms with Gasteiger partial charge in [-0.05, 0) is 18.6 Å². The summed E-state index contributed by atoms with van der Waals surface area (Å²) in [5.74, 6) is 0.648. The summed E-state index contributed by atoms with van der Waals surface area (Å²) in [6.07, 6.45) is 0.902. The molecule has 48 valence electrons. The maximum absolute atomic E-state index is 5.36. The van der Waals surface area contributed by atoms with Crippen LogP contribution < -0.4 is 11.1 Å². The van der Waals surface area contributed by atoms with Gasteiger partial charge in [-0.3, -0.25) is 0 Å². The average molecular weight is 153 g/mol. The molecule has 0 radical (unpaired) electrons. The summed E-state index contributed by atoms with van der Waals surface area (Å²) in [6.45, 7) is 0.777. The Morgan fingerprint density at radius 1 is 1.75 bits per heavy atom. The predicted molar refractivity (Wildman–Crippen MR) is 40.1 cm³/mol. The number of thiocarbonyl (C=S) groups is 1. The Balaban J connectivity index is 2.82. The number of hydrogen-bond donors (Lipinski definition) is 2. The zero-order chi connectivity index (χ0) is 6.41. The first-order valence-electron chi connectivity index (χ1n) is 2.36. The molecule has 0 aromatic carbocycles. The van der Waals surface area contributed by atoms with Crippen molar-refractivity contribution in [1.29, 1.82) is 0 Å². The Kier molecular flexibility index (Phi) is 5.11. The highest BCUT2D eigenvalue weighted by Gasteiger charge is 1.83. The Morgan fingerprint density at radius 3 is 2.75 bits per heavy atom. The fourth-order valence-corrected chi connectivity index (χ4v) is 0.514. The van der Waals surface area contributed by atoms with Crippen LogP contribution in [0.15, 0.2) is 0 Å². The van der Waals surface area contributed by atoms with Gasteiger partial charge in [0.25, 0.3) is 0 Å². The van der Waals surface area contributed by atoms with Crippen molar-refractivity contribution in [3.8, 4) is 0 Å². The number of alkyl halides is 1. The van der Waals surface area contributed by atoms with Gasteiger partial charge < -0.3 is 11.1 Å². The maximum Gasteiger partial charge on any atom is 0.163 e. The number of nitrogens with one attached hydrogen (secondary N) is 1. The molecule has 0 spiro atoms. The molecule has 0 rings (SSSR count). The van der Waals surface area contributed by atoms with E-state index in [0.29, 0.717) is 11.0 Å². The van der Waals surface area contributed by atoms with Gasteiger partial charge in [0.05, 0.1) is 0 Å². The summed E-state index contributed by atoms with van der Waals surface area (Å²) in [5, 5.41) is 3.11. The van der Waals surface area contributed by atoms with Gasteiger partial charge in [0, 0.05) is 12.4 Å². The minimum absolute atomic E-state index is 0.343. The summed E-state index contributed by atoms with van der Waals surface area (Å²) in [6, 6.07) is 0. The summed E-state index contributed by atoms with van der Waals surface area (Å²) in [7, 11) is 0. The van der Waals surface area contributed by atoms with E-state index in [-0.39, 0.29) is 0 Å². The fourth-order valence-electron chi connectivity index (χ4n) is 0.278. The zero-order valence-electron chi connectivity index (χ0n) is 4.48. The molecule has 0 atom stereocenters. The van der Waals surface area contributed by atoms with Crippen LogP contribution in [0, 0.1) is 0 Å². The van der Waals surface area contributed by atoms with Crippen molar-refractivity contribution < 1.29 is 0 Å². The minimum atomic E-state index is 0.343. The average Bonchev–Trinajstić information content (AvgIpc) is 1.66. The molecular formula is C4H9ClN2S. The molecule has 0 aromatic heterocycles. The van der Waals surface area contributed by atoms with E-state index in [1.165, 1.54) is 0 Å². The first-order valence-corrected chi connectivity index (χ1v) is 3.31. The van der Waals surface area contributed by atoms with Crippen LogP contribution >= 0.6 is 23.8 Å². The van der Waals surface area contributed by atoms with Crippen molar-refractivity contribution in [1.82, 2.24) is 5.32 Å². The van der Waals surface area contributed by atoms with Crippen molar-refractivity contribution in [2.75, 3.05) is 12.4 Å². The third-order valence-electron chi connectivity index (χ3n) is 0.610. The lowest BCUT2D eigenvalue weighted by atomic mass is 10.5. The smallest absolute Gasteiger partial charge is 0.163 e. The van der Waals surface area contributed by atoms with Crippen molar-refractivity contribution in [3.63, 3.8) is 0 Å². The van der Waals surface area contributed by atoms with Gasteiger partial charge in [-0.2, -0.15) is 0 Å². The van der Waals surface area contributed by atoms with Crippen LogP contribution in [-0.2, 0) is 0 Å². The molecule has 0 fully saturated rings. The normalized spacial score (nSPS) is 8.62. The monoisotopic (exact) mass is 152 g/mol. The number of rotatable bonds is 3. The van der Waals surface area contributed by atoms with Crippen molar-refractivity contribution in [2.45, 2.75) is 6.42 Å². The summed E-state index contributed by atoms with van der Waals surface area (Å²) in [4.78, 5) is 0. The Labute approximate surface area is 59.4 Å². The molecule has 0 amide bonds. The van der Waals surface area contributed by atoms with Gasteiger partial charge in [-0.1, -0.05) is 0 Å². The molecule has 0 aliphatic heterocycles. The lowest BCUT2D eigenvalue weighted by Crippen LogP contribution is -2.29. The van der Waals surface area contributed by atoms with Crippen LogP contribution in [0.4, 0.5) is 0 Å². The lowest BCUT2D eigenvalue weighted by Gasteiger charge is -1.98. The van der Waals surface area contributed by atoms with E-state index in [1.807, 2.05) is 0 Å². The molecule has 0 heterocycles. The second kappa shape index (κ2) is 5.12. The third kappa shape index (κ3) is 5.98. The van der Waals surface area contributed by atoms with Crippen LogP contribution in [0.25, 0.3) is 0 Å². The van der Waals surface area contributed by atoms with E-state index in [9.17, 15) is 0 Å². The van der Waals surface area contributed by atoms with Crippen LogP contribution in [0.5, 0.6) is 0 Å². The van der Waals surface area contributed by atoms with Crippen LogP contribution in [0.1, 0.15) is 6.42 Å². The number of halogens is 1. The second-order valence-electron chi connectivity index (χ2n) is 1.33. The molecular weight excluding hydrogens is 144 g/mol. The zero-order valence-corrected chi connectivity index (χ0v) is 6.06. The molecule has 0 saturated heterocycles. The van der Waals surface area contributed by atoms with Crippen molar-refractivity contribution in [3.05, 3.63) is 0 Å². The Hall–Kier alpha value is -0.0200. The maximum atomic E-state index is 5.36. The van der Waals surface area contributed by atoms with E-state index in [0.717, 1.165) is 13.0 Å². The highest BCUT2D eigenvalue weighted by molar-refractivity contribution is 7.80. The second-order valence-corrected chi connectivity index (χ2v) is 2.15. The van der Waals surface area contributed by atoms with Gasteiger partial charge in [0.2, 0.25) is 0 Å². The van der Waals surface area contributed by atoms with E-state index in [2.05, 4.69) is 17.5 Å². The largest absolute Gasteiger partial charge is 0.376 e. The number of nitrogens with two attached hydrogens (primary N) is 1. The van der Waals surface area contributed by atoms with Crippen molar-refractivity contribution >= 4 is 28.9 Å². The van der Waals surface area contributed by atoms with Gasteiger partial charge in [0.15, 0.2) is 5.11 Å². The molecule has 0 aliphatic carbocycles. The molecule has 0 aliphatic rings. The summed E-state index contributed by atoms with van der Waals surface area (Å²) in [5.41, 5.74) is 5.11. The van der Waals surface area contributed by atoms with Gasteiger partial charge in [-0.25, -0.2) is 0 Å². The SMILES string of the molecule is NC(=S)NCCCCl. The third-order valence-corrected chi connectivity index (χ3v) is 1.02. The summed E-state index contributed by atoms with van der Waals surface area (Å²) >= 11 is 9.89. The van der Waals surface area contributed by atoms with Gasteiger partial charge in [-0.15, -0.1) is 11.6 Å². The van der Waals surface area contributed by atoms with Crippen LogP contribution in [-0.4, -0.2) is 17.5 Å². The highest BCUT2D eigenvalue weighted by atomic mass is 35.5. The van der Waals surface area contributed by atoms with Gasteiger partial charge >= 0.3 is 0 Å². The minimum Gasteiger partial charge on any atom is -0.376 e. The molecule has 2 nitrogen and oxygen atoms in total. The van der Waals surface area contributed by atoms with E-state index < -0.39 is 0 Å². The van der Waals surface area contributed by atoms with E-state index >= 15 is 0 Å². The van der Waals surface area contributed by atoms with E-state index in [4.69, 9.17) is 17.3 Å². The molecule has 0 saturated carbocycles. The molecule has 4 heteroatoms. The first kappa shape index (κ1) is 7.98. The van der Waals surface area contributed by atoms with E-state index in [1.54, 1.807) is 0 Å².